The molecule has 82 valence electrons. The number of hydrogen-bond donors (Lipinski definition) is 0. The van der Waals surface area contributed by atoms with Gasteiger partial charge in [0.15, 0.2) is 9.84 Å². The van der Waals surface area contributed by atoms with E-state index in [4.69, 9.17) is 11.6 Å². The van der Waals surface area contributed by atoms with Crippen molar-refractivity contribution < 1.29 is 8.42 Å². The molecular formula is C10H11ClO2S2. The van der Waals surface area contributed by atoms with Gasteiger partial charge in [-0.1, -0.05) is 18.2 Å². The molecular weight excluding hydrogens is 252 g/mol. The maximum absolute atomic E-state index is 11.7. The molecule has 0 amide bonds. The lowest BCUT2D eigenvalue weighted by Gasteiger charge is -2.12. The molecule has 2 rings (SSSR count). The summed E-state index contributed by atoms with van der Waals surface area (Å²) in [6, 6.07) is 9.51. The third-order valence-corrected chi connectivity index (χ3v) is 7.21. The summed E-state index contributed by atoms with van der Waals surface area (Å²) in [6.07, 6.45) is 0.564. The fourth-order valence-corrected chi connectivity index (χ4v) is 5.87. The molecule has 1 aromatic carbocycles. The minimum atomic E-state index is -3.00. The van der Waals surface area contributed by atoms with Crippen molar-refractivity contribution in [2.75, 3.05) is 5.75 Å². The normalized spacial score (nSPS) is 29.1. The van der Waals surface area contributed by atoms with Crippen molar-refractivity contribution in [3.63, 3.8) is 0 Å². The van der Waals surface area contributed by atoms with Crippen molar-refractivity contribution >= 4 is 33.2 Å². The zero-order valence-corrected chi connectivity index (χ0v) is 10.4. The molecule has 0 aliphatic carbocycles. The monoisotopic (exact) mass is 262 g/mol. The second-order valence-electron chi connectivity index (χ2n) is 3.47. The predicted octanol–water partition coefficient (Wildman–Crippen LogP) is 2.53. The molecule has 1 aromatic rings. The molecule has 2 nitrogen and oxygen atoms in total. The summed E-state index contributed by atoms with van der Waals surface area (Å²) in [4.78, 5) is 0.957. The van der Waals surface area contributed by atoms with E-state index in [2.05, 4.69) is 0 Å². The van der Waals surface area contributed by atoms with Gasteiger partial charge in [0.25, 0.3) is 0 Å². The molecule has 1 aliphatic heterocycles. The number of sulfone groups is 1. The van der Waals surface area contributed by atoms with Crippen LogP contribution in [0.5, 0.6) is 0 Å². The minimum Gasteiger partial charge on any atom is -0.228 e. The SMILES string of the molecule is O=S1(=O)CCC(Cl)C1Sc1ccccc1. The summed E-state index contributed by atoms with van der Waals surface area (Å²) in [5, 5.41) is -0.264. The van der Waals surface area contributed by atoms with E-state index in [1.807, 2.05) is 30.3 Å². The summed E-state index contributed by atoms with van der Waals surface area (Å²) >= 11 is 7.36. The van der Waals surface area contributed by atoms with Crippen LogP contribution in [0.2, 0.25) is 0 Å². The van der Waals surface area contributed by atoms with Gasteiger partial charge in [0.1, 0.15) is 4.58 Å². The molecule has 2 atom stereocenters. The molecule has 0 saturated carbocycles. The highest BCUT2D eigenvalue weighted by atomic mass is 35.5. The molecule has 1 heterocycles. The number of thioether (sulfide) groups is 1. The van der Waals surface area contributed by atoms with E-state index in [0.717, 1.165) is 4.90 Å². The van der Waals surface area contributed by atoms with E-state index in [0.29, 0.717) is 6.42 Å². The van der Waals surface area contributed by atoms with Gasteiger partial charge in [-0.25, -0.2) is 8.42 Å². The zero-order chi connectivity index (χ0) is 10.9. The maximum atomic E-state index is 11.7. The standard InChI is InChI=1S/C10H11ClO2S2/c11-9-6-7-15(12,13)10(9)14-8-4-2-1-3-5-8/h1-5,9-10H,6-7H2. The first-order valence-corrected chi connectivity index (χ1v) is 7.70. The van der Waals surface area contributed by atoms with Crippen molar-refractivity contribution in [1.82, 2.24) is 0 Å². The van der Waals surface area contributed by atoms with E-state index < -0.39 is 14.4 Å². The third kappa shape index (κ3) is 2.49. The third-order valence-electron chi connectivity index (χ3n) is 2.32. The summed E-state index contributed by atoms with van der Waals surface area (Å²) in [5.41, 5.74) is 0. The lowest BCUT2D eigenvalue weighted by Crippen LogP contribution is -2.18. The molecule has 0 aromatic heterocycles. The summed E-state index contributed by atoms with van der Waals surface area (Å²) in [5.74, 6) is 0.214. The van der Waals surface area contributed by atoms with Crippen LogP contribution in [0.3, 0.4) is 0 Å². The number of rotatable bonds is 2. The maximum Gasteiger partial charge on any atom is 0.164 e. The molecule has 15 heavy (non-hydrogen) atoms. The molecule has 1 saturated heterocycles. The lowest BCUT2D eigenvalue weighted by molar-refractivity contribution is 0.600. The lowest BCUT2D eigenvalue weighted by atomic mass is 10.4. The van der Waals surface area contributed by atoms with Gasteiger partial charge in [-0.3, -0.25) is 0 Å². The number of halogens is 1. The largest absolute Gasteiger partial charge is 0.228 e. The molecule has 0 spiro atoms. The predicted molar refractivity (Wildman–Crippen MR) is 64.1 cm³/mol. The van der Waals surface area contributed by atoms with Gasteiger partial charge in [0.2, 0.25) is 0 Å². The number of alkyl halides is 1. The van der Waals surface area contributed by atoms with Crippen LogP contribution in [0.1, 0.15) is 6.42 Å². The van der Waals surface area contributed by atoms with Gasteiger partial charge < -0.3 is 0 Å². The fourth-order valence-electron chi connectivity index (χ4n) is 1.53. The van der Waals surface area contributed by atoms with Gasteiger partial charge in [0, 0.05) is 4.90 Å². The van der Waals surface area contributed by atoms with Crippen LogP contribution in [0.4, 0.5) is 0 Å². The van der Waals surface area contributed by atoms with E-state index in [1.165, 1.54) is 11.8 Å². The Hall–Kier alpha value is -0.190. The average Bonchev–Trinajstić information content (AvgIpc) is 2.47. The first-order valence-electron chi connectivity index (χ1n) is 4.67. The van der Waals surface area contributed by atoms with Crippen LogP contribution in [-0.2, 0) is 9.84 Å². The van der Waals surface area contributed by atoms with Crippen LogP contribution >= 0.6 is 23.4 Å². The fraction of sp³-hybridized carbons (Fsp3) is 0.400. The van der Waals surface area contributed by atoms with Gasteiger partial charge in [-0.15, -0.1) is 23.4 Å². The highest BCUT2D eigenvalue weighted by molar-refractivity contribution is 8.13. The zero-order valence-electron chi connectivity index (χ0n) is 7.97. The van der Waals surface area contributed by atoms with E-state index in [-0.39, 0.29) is 11.1 Å². The molecule has 1 fully saturated rings. The molecule has 0 N–H and O–H groups in total. The quantitative estimate of drug-likeness (QED) is 0.768. The van der Waals surface area contributed by atoms with Crippen molar-refractivity contribution in [2.45, 2.75) is 21.3 Å². The van der Waals surface area contributed by atoms with Crippen LogP contribution < -0.4 is 0 Å². The van der Waals surface area contributed by atoms with Crippen molar-refractivity contribution in [3.8, 4) is 0 Å². The first-order chi connectivity index (χ1) is 7.09. The summed E-state index contributed by atoms with van der Waals surface area (Å²) < 4.78 is 22.9. The average molecular weight is 263 g/mol. The van der Waals surface area contributed by atoms with Crippen molar-refractivity contribution in [1.29, 1.82) is 0 Å². The number of benzene rings is 1. The second-order valence-corrected chi connectivity index (χ2v) is 7.79. The van der Waals surface area contributed by atoms with Gasteiger partial charge >= 0.3 is 0 Å². The van der Waals surface area contributed by atoms with Gasteiger partial charge in [-0.2, -0.15) is 0 Å². The Bertz CT molecular complexity index is 430. The highest BCUT2D eigenvalue weighted by Crippen LogP contribution is 2.37. The van der Waals surface area contributed by atoms with Crippen LogP contribution in [-0.4, -0.2) is 24.1 Å². The van der Waals surface area contributed by atoms with Crippen LogP contribution in [0, 0.1) is 0 Å². The highest BCUT2D eigenvalue weighted by Gasteiger charge is 2.39. The van der Waals surface area contributed by atoms with Gasteiger partial charge in [0.05, 0.1) is 11.1 Å². The Morgan fingerprint density at radius 1 is 1.27 bits per heavy atom. The van der Waals surface area contributed by atoms with E-state index in [9.17, 15) is 8.42 Å². The number of hydrogen-bond acceptors (Lipinski definition) is 3. The molecule has 0 radical (unpaired) electrons. The molecule has 2 unspecified atom stereocenters. The van der Waals surface area contributed by atoms with Crippen molar-refractivity contribution in [3.05, 3.63) is 30.3 Å². The second kappa shape index (κ2) is 4.36. The van der Waals surface area contributed by atoms with E-state index >= 15 is 0 Å². The first kappa shape index (κ1) is 11.3. The Kier molecular flexibility index (Phi) is 3.28. The molecule has 0 bridgehead atoms. The Morgan fingerprint density at radius 3 is 2.47 bits per heavy atom. The smallest absolute Gasteiger partial charge is 0.164 e. The van der Waals surface area contributed by atoms with Crippen LogP contribution in [0.15, 0.2) is 35.2 Å². The van der Waals surface area contributed by atoms with Crippen molar-refractivity contribution in [2.24, 2.45) is 0 Å². The Labute approximate surface area is 98.9 Å². The van der Waals surface area contributed by atoms with E-state index in [1.54, 1.807) is 0 Å². The molecule has 5 heteroatoms. The Balaban J connectivity index is 2.19. The van der Waals surface area contributed by atoms with Gasteiger partial charge in [-0.05, 0) is 18.6 Å². The minimum absolute atomic E-state index is 0.214. The Morgan fingerprint density at radius 2 is 1.93 bits per heavy atom. The topological polar surface area (TPSA) is 34.1 Å². The molecule has 1 aliphatic rings. The van der Waals surface area contributed by atoms with Crippen LogP contribution in [0.25, 0.3) is 0 Å². The summed E-state index contributed by atoms with van der Waals surface area (Å²) in [6.45, 7) is 0. The summed E-state index contributed by atoms with van der Waals surface area (Å²) in [7, 11) is -3.00.